The summed E-state index contributed by atoms with van der Waals surface area (Å²) in [5, 5.41) is 12.1. The molecule has 1 aromatic rings. The van der Waals surface area contributed by atoms with E-state index in [1.165, 1.54) is 0 Å². The van der Waals surface area contributed by atoms with E-state index in [4.69, 9.17) is 5.26 Å². The van der Waals surface area contributed by atoms with E-state index in [0.29, 0.717) is 12.1 Å². The average Bonchev–Trinajstić information content (AvgIpc) is 2.55. The molecule has 1 N–H and O–H groups in total. The summed E-state index contributed by atoms with van der Waals surface area (Å²) < 4.78 is 0. The van der Waals surface area contributed by atoms with Gasteiger partial charge in [0.25, 0.3) is 0 Å². The molecule has 0 unspecified atom stereocenters. The summed E-state index contributed by atoms with van der Waals surface area (Å²) in [6.07, 6.45) is 3.02. The molecule has 4 nitrogen and oxygen atoms in total. The summed E-state index contributed by atoms with van der Waals surface area (Å²) in [6.45, 7) is 5.34. The van der Waals surface area contributed by atoms with Crippen molar-refractivity contribution in [2.75, 3.05) is 19.6 Å². The molecule has 1 aliphatic rings. The molecule has 0 aliphatic carbocycles. The van der Waals surface area contributed by atoms with E-state index >= 15 is 0 Å². The van der Waals surface area contributed by atoms with Gasteiger partial charge in [0.15, 0.2) is 0 Å². The second-order valence-corrected chi connectivity index (χ2v) is 5.61. The van der Waals surface area contributed by atoms with E-state index in [9.17, 15) is 4.79 Å². The second kappa shape index (κ2) is 7.80. The Balaban J connectivity index is 2.03. The van der Waals surface area contributed by atoms with Crippen LogP contribution in [-0.2, 0) is 11.3 Å². The van der Waals surface area contributed by atoms with Gasteiger partial charge in [-0.15, -0.1) is 0 Å². The van der Waals surface area contributed by atoms with Crippen LogP contribution in [0.1, 0.15) is 37.3 Å². The maximum Gasteiger partial charge on any atom is 0.227 e. The summed E-state index contributed by atoms with van der Waals surface area (Å²) in [5.41, 5.74) is 1.74. The lowest BCUT2D eigenvalue weighted by molar-refractivity contribution is -0.136. The minimum atomic E-state index is 0.115. The highest BCUT2D eigenvalue weighted by Gasteiger charge is 2.25. The fourth-order valence-electron chi connectivity index (χ4n) is 2.76. The van der Waals surface area contributed by atoms with E-state index in [-0.39, 0.29) is 11.8 Å². The molecule has 1 amide bonds. The van der Waals surface area contributed by atoms with E-state index < -0.39 is 0 Å². The minimum Gasteiger partial charge on any atom is -0.338 e. The van der Waals surface area contributed by atoms with Crippen LogP contribution in [0.2, 0.25) is 0 Å². The van der Waals surface area contributed by atoms with Crippen LogP contribution in [0, 0.1) is 17.2 Å². The predicted molar refractivity (Wildman–Crippen MR) is 82.5 cm³/mol. The first-order valence-electron chi connectivity index (χ1n) is 7.73. The molecule has 0 aromatic heterocycles. The Kier molecular flexibility index (Phi) is 5.77. The van der Waals surface area contributed by atoms with Gasteiger partial charge in [-0.3, -0.25) is 4.79 Å². The molecule has 0 bridgehead atoms. The molecule has 1 aromatic carbocycles. The zero-order valence-electron chi connectivity index (χ0n) is 12.6. The zero-order chi connectivity index (χ0) is 15.1. The Hall–Kier alpha value is -1.86. The standard InChI is InChI=1S/C17H23N3O/c1-2-10-20(17(21)16-4-3-9-19-12-16)13-15-7-5-14(11-18)6-8-15/h5-8,16,19H,2-4,9-10,12-13H2,1H3/t16-/m0/s1. The van der Waals surface area contributed by atoms with E-state index in [2.05, 4.69) is 18.3 Å². The van der Waals surface area contributed by atoms with Crippen LogP contribution in [0.25, 0.3) is 0 Å². The van der Waals surface area contributed by atoms with Gasteiger partial charge in [0, 0.05) is 19.6 Å². The molecule has 1 fully saturated rings. The van der Waals surface area contributed by atoms with Gasteiger partial charge in [-0.1, -0.05) is 19.1 Å². The fourth-order valence-corrected chi connectivity index (χ4v) is 2.76. The van der Waals surface area contributed by atoms with Crippen molar-refractivity contribution in [3.8, 4) is 6.07 Å². The van der Waals surface area contributed by atoms with Gasteiger partial charge in [0.2, 0.25) is 5.91 Å². The summed E-state index contributed by atoms with van der Waals surface area (Å²) >= 11 is 0. The summed E-state index contributed by atoms with van der Waals surface area (Å²) in [5.74, 6) is 0.372. The zero-order valence-corrected chi connectivity index (χ0v) is 12.6. The number of nitrogens with one attached hydrogen (secondary N) is 1. The van der Waals surface area contributed by atoms with Gasteiger partial charge < -0.3 is 10.2 Å². The van der Waals surface area contributed by atoms with Crippen molar-refractivity contribution < 1.29 is 4.79 Å². The summed E-state index contributed by atoms with van der Waals surface area (Å²) in [7, 11) is 0. The topological polar surface area (TPSA) is 56.1 Å². The third-order valence-electron chi connectivity index (χ3n) is 3.91. The summed E-state index contributed by atoms with van der Waals surface area (Å²) in [4.78, 5) is 14.6. The van der Waals surface area contributed by atoms with Gasteiger partial charge in [-0.2, -0.15) is 5.26 Å². The number of amides is 1. The van der Waals surface area contributed by atoms with Gasteiger partial charge in [-0.25, -0.2) is 0 Å². The van der Waals surface area contributed by atoms with Crippen LogP contribution >= 0.6 is 0 Å². The maximum absolute atomic E-state index is 12.6. The lowest BCUT2D eigenvalue weighted by Gasteiger charge is -2.29. The highest BCUT2D eigenvalue weighted by atomic mass is 16.2. The van der Waals surface area contributed by atoms with E-state index in [0.717, 1.165) is 44.5 Å². The number of carbonyl (C=O) groups is 1. The number of nitrogens with zero attached hydrogens (tertiary/aromatic N) is 2. The van der Waals surface area contributed by atoms with Crippen LogP contribution in [0.5, 0.6) is 0 Å². The average molecular weight is 285 g/mol. The summed E-state index contributed by atoms with van der Waals surface area (Å²) in [6, 6.07) is 9.62. The molecule has 4 heteroatoms. The van der Waals surface area contributed by atoms with Crippen molar-refractivity contribution in [2.45, 2.75) is 32.7 Å². The van der Waals surface area contributed by atoms with Crippen molar-refractivity contribution in [3.63, 3.8) is 0 Å². The Bertz CT molecular complexity index is 498. The molecule has 0 radical (unpaired) electrons. The fraction of sp³-hybridized carbons (Fsp3) is 0.529. The molecule has 1 atom stereocenters. The number of carbonyl (C=O) groups excluding carboxylic acids is 1. The van der Waals surface area contributed by atoms with Gasteiger partial charge >= 0.3 is 0 Å². The Morgan fingerprint density at radius 2 is 2.19 bits per heavy atom. The molecule has 21 heavy (non-hydrogen) atoms. The third kappa shape index (κ3) is 4.30. The number of nitriles is 1. The molecular formula is C17H23N3O. The molecule has 1 aliphatic heterocycles. The quantitative estimate of drug-likeness (QED) is 0.903. The SMILES string of the molecule is CCCN(Cc1ccc(C#N)cc1)C(=O)[C@H]1CCCNC1. The molecule has 0 saturated carbocycles. The first-order chi connectivity index (χ1) is 10.2. The van der Waals surface area contributed by atoms with E-state index in [1.807, 2.05) is 29.2 Å². The highest BCUT2D eigenvalue weighted by Crippen LogP contribution is 2.16. The number of rotatable bonds is 5. The van der Waals surface area contributed by atoms with Gasteiger partial charge in [-0.05, 0) is 43.5 Å². The Labute approximate surface area is 126 Å². The van der Waals surface area contributed by atoms with E-state index in [1.54, 1.807) is 0 Å². The number of hydrogen-bond donors (Lipinski definition) is 1. The second-order valence-electron chi connectivity index (χ2n) is 5.61. The first-order valence-corrected chi connectivity index (χ1v) is 7.73. The van der Waals surface area contributed by atoms with Crippen molar-refractivity contribution in [3.05, 3.63) is 35.4 Å². The monoisotopic (exact) mass is 285 g/mol. The highest BCUT2D eigenvalue weighted by molar-refractivity contribution is 5.79. The van der Waals surface area contributed by atoms with Gasteiger partial charge in [0.1, 0.15) is 0 Å². The van der Waals surface area contributed by atoms with Crippen LogP contribution < -0.4 is 5.32 Å². The smallest absolute Gasteiger partial charge is 0.227 e. The minimum absolute atomic E-state index is 0.115. The van der Waals surface area contributed by atoms with Crippen molar-refractivity contribution in [2.24, 2.45) is 5.92 Å². The molecule has 0 spiro atoms. The number of hydrogen-bond acceptors (Lipinski definition) is 3. The van der Waals surface area contributed by atoms with Gasteiger partial charge in [0.05, 0.1) is 17.6 Å². The van der Waals surface area contributed by atoms with Crippen LogP contribution in [-0.4, -0.2) is 30.4 Å². The molecule has 2 rings (SSSR count). The van der Waals surface area contributed by atoms with Crippen molar-refractivity contribution in [1.82, 2.24) is 10.2 Å². The molecule has 1 heterocycles. The number of piperidine rings is 1. The Morgan fingerprint density at radius 1 is 1.43 bits per heavy atom. The van der Waals surface area contributed by atoms with Crippen LogP contribution in [0.4, 0.5) is 0 Å². The lowest BCUT2D eigenvalue weighted by atomic mass is 9.97. The Morgan fingerprint density at radius 3 is 2.76 bits per heavy atom. The predicted octanol–water partition coefficient (Wildman–Crippen LogP) is 2.30. The molecular weight excluding hydrogens is 262 g/mol. The molecule has 112 valence electrons. The van der Waals surface area contributed by atoms with Crippen molar-refractivity contribution >= 4 is 5.91 Å². The van der Waals surface area contributed by atoms with Crippen LogP contribution in [0.3, 0.4) is 0 Å². The number of benzene rings is 1. The van der Waals surface area contributed by atoms with Crippen LogP contribution in [0.15, 0.2) is 24.3 Å². The largest absolute Gasteiger partial charge is 0.338 e. The van der Waals surface area contributed by atoms with Crippen molar-refractivity contribution in [1.29, 1.82) is 5.26 Å². The normalized spacial score (nSPS) is 18.0. The molecule has 1 saturated heterocycles. The third-order valence-corrected chi connectivity index (χ3v) is 3.91. The first kappa shape index (κ1) is 15.5. The maximum atomic E-state index is 12.6. The lowest BCUT2D eigenvalue weighted by Crippen LogP contribution is -2.43.